The molecule has 0 aliphatic carbocycles. The molecule has 0 saturated carbocycles. The maximum Gasteiger partial charge on any atom is 0.491 e. The monoisotopic (exact) mass is 647 g/mol. The Balaban J connectivity index is 1.63. The molecule has 0 aliphatic heterocycles. The van der Waals surface area contributed by atoms with E-state index in [1.165, 1.54) is 24.4 Å². The molecule has 2 aromatic heterocycles. The number of nitrogens with zero attached hydrogens (tertiary/aromatic N) is 1. The van der Waals surface area contributed by atoms with E-state index in [0.717, 1.165) is 0 Å². The van der Waals surface area contributed by atoms with Gasteiger partial charge in [0.1, 0.15) is 11.6 Å². The number of esters is 2. The Hall–Kier alpha value is -4.76. The summed E-state index contributed by atoms with van der Waals surface area (Å²) in [4.78, 5) is 30.5. The number of hydrogen-bond acceptors (Lipinski definition) is 6. The fraction of sp³-hybridized carbons (Fsp3) is 0.276. The Morgan fingerprint density at radius 1 is 0.889 bits per heavy atom. The van der Waals surface area contributed by atoms with Crippen molar-refractivity contribution in [2.24, 2.45) is 0 Å². The highest BCUT2D eigenvalue weighted by molar-refractivity contribution is 5.90. The van der Waals surface area contributed by atoms with Gasteiger partial charge in [-0.3, -0.25) is 4.79 Å². The molecule has 0 spiro atoms. The average molecular weight is 647 g/mol. The van der Waals surface area contributed by atoms with Crippen LogP contribution in [-0.2, 0) is 26.7 Å². The molecule has 1 atom stereocenters. The molecule has 7 nitrogen and oxygen atoms in total. The minimum Gasteiger partial charge on any atom is -0.493 e. The van der Waals surface area contributed by atoms with Gasteiger partial charge >= 0.3 is 30.5 Å². The summed E-state index contributed by atoms with van der Waals surface area (Å²) in [5.74, 6) is -5.38. The fourth-order valence-corrected chi connectivity index (χ4v) is 4.41. The van der Waals surface area contributed by atoms with Crippen molar-refractivity contribution in [1.29, 1.82) is 0 Å². The van der Waals surface area contributed by atoms with Crippen LogP contribution in [0.5, 0.6) is 5.75 Å². The van der Waals surface area contributed by atoms with E-state index in [9.17, 15) is 49.1 Å². The summed E-state index contributed by atoms with van der Waals surface area (Å²) in [5, 5.41) is 3.31. The van der Waals surface area contributed by atoms with Gasteiger partial charge in [-0.2, -0.15) is 39.5 Å². The highest BCUT2D eigenvalue weighted by atomic mass is 19.4. The third-order valence-electron chi connectivity index (χ3n) is 6.44. The molecule has 1 unspecified atom stereocenters. The largest absolute Gasteiger partial charge is 0.493 e. The first kappa shape index (κ1) is 33.1. The summed E-state index contributed by atoms with van der Waals surface area (Å²) in [6, 6.07) is 10.3. The van der Waals surface area contributed by atoms with Gasteiger partial charge in [0.25, 0.3) is 0 Å². The van der Waals surface area contributed by atoms with Crippen LogP contribution in [0.1, 0.15) is 41.0 Å². The van der Waals surface area contributed by atoms with Crippen molar-refractivity contribution in [2.75, 3.05) is 18.5 Å². The van der Waals surface area contributed by atoms with Crippen LogP contribution in [0, 0.1) is 0 Å². The SMILES string of the molecule is O=C(CC(c1cc(C(F)(F)F)cc(C(F)(F)F)c1)c1c[nH]c2cc(OCCCNc3ccccn3)ccc12)OC(=O)C(F)(F)F. The van der Waals surface area contributed by atoms with E-state index in [4.69, 9.17) is 4.74 Å². The zero-order chi connectivity index (χ0) is 33.0. The van der Waals surface area contributed by atoms with Gasteiger partial charge in [0, 0.05) is 41.8 Å². The number of fused-ring (bicyclic) bond motifs is 1. The van der Waals surface area contributed by atoms with E-state index >= 15 is 0 Å². The quantitative estimate of drug-likeness (QED) is 0.0796. The smallest absolute Gasteiger partial charge is 0.491 e. The molecule has 0 aliphatic rings. The summed E-state index contributed by atoms with van der Waals surface area (Å²) in [6.07, 6.45) is -13.9. The van der Waals surface area contributed by atoms with Crippen molar-refractivity contribution in [3.8, 4) is 5.75 Å². The summed E-state index contributed by atoms with van der Waals surface area (Å²) < 4.78 is 129. The molecule has 0 fully saturated rings. The summed E-state index contributed by atoms with van der Waals surface area (Å²) in [5.41, 5.74) is -3.85. The third-order valence-corrected chi connectivity index (χ3v) is 6.44. The highest BCUT2D eigenvalue weighted by Gasteiger charge is 2.43. The number of ether oxygens (including phenoxy) is 2. The van der Waals surface area contributed by atoms with E-state index in [0.29, 0.717) is 42.2 Å². The number of carbonyl (C=O) groups excluding carboxylic acids is 2. The van der Waals surface area contributed by atoms with Gasteiger partial charge in [-0.25, -0.2) is 9.78 Å². The fourth-order valence-electron chi connectivity index (χ4n) is 4.41. The zero-order valence-corrected chi connectivity index (χ0v) is 22.7. The number of H-pyrrole nitrogens is 1. The summed E-state index contributed by atoms with van der Waals surface area (Å²) >= 11 is 0. The molecule has 0 amide bonds. The molecule has 4 rings (SSSR count). The van der Waals surface area contributed by atoms with E-state index < -0.39 is 59.5 Å². The van der Waals surface area contributed by atoms with Crippen LogP contribution >= 0.6 is 0 Å². The molecule has 0 bridgehead atoms. The van der Waals surface area contributed by atoms with Crippen LogP contribution in [0.3, 0.4) is 0 Å². The van der Waals surface area contributed by atoms with Crippen LogP contribution in [-0.4, -0.2) is 41.2 Å². The van der Waals surface area contributed by atoms with Crippen molar-refractivity contribution in [2.45, 2.75) is 37.3 Å². The average Bonchev–Trinajstić information content (AvgIpc) is 3.37. The first-order valence-electron chi connectivity index (χ1n) is 13.0. The van der Waals surface area contributed by atoms with Gasteiger partial charge in [0.2, 0.25) is 0 Å². The molecule has 2 N–H and O–H groups in total. The zero-order valence-electron chi connectivity index (χ0n) is 22.7. The highest BCUT2D eigenvalue weighted by Crippen LogP contribution is 2.41. The molecule has 240 valence electrons. The van der Waals surface area contributed by atoms with Crippen LogP contribution in [0.2, 0.25) is 0 Å². The number of nitrogens with one attached hydrogen (secondary N) is 2. The van der Waals surface area contributed by atoms with Crippen molar-refractivity contribution in [3.05, 3.63) is 89.2 Å². The summed E-state index contributed by atoms with van der Waals surface area (Å²) in [7, 11) is 0. The van der Waals surface area contributed by atoms with Crippen molar-refractivity contribution in [1.82, 2.24) is 9.97 Å². The van der Waals surface area contributed by atoms with E-state index in [2.05, 4.69) is 20.0 Å². The van der Waals surface area contributed by atoms with Crippen LogP contribution in [0.4, 0.5) is 45.3 Å². The minimum atomic E-state index is -5.57. The van der Waals surface area contributed by atoms with Crippen LogP contribution < -0.4 is 10.1 Å². The molecule has 0 radical (unpaired) electrons. The minimum absolute atomic E-state index is 0.0417. The van der Waals surface area contributed by atoms with Crippen molar-refractivity contribution in [3.63, 3.8) is 0 Å². The standard InChI is InChI=1S/C29H22F9N3O4/c30-27(31,32)17-10-16(11-18(12-17)28(33,34)35)21(14-25(42)45-26(43)29(36,37)38)22-15-41-23-13-19(5-6-20(22)23)44-9-3-8-40-24-4-1-2-7-39-24/h1-2,4-7,10-13,15,21,41H,3,8-9,14H2,(H,39,40). The number of anilines is 1. The Morgan fingerprint density at radius 3 is 2.18 bits per heavy atom. The Labute approximate surface area is 248 Å². The normalized spacial score (nSPS) is 13.0. The number of hydrogen-bond donors (Lipinski definition) is 2. The Kier molecular flexibility index (Phi) is 9.63. The lowest BCUT2D eigenvalue weighted by molar-refractivity contribution is -0.201. The van der Waals surface area contributed by atoms with Gasteiger partial charge in [0.05, 0.1) is 24.2 Å². The number of benzene rings is 2. The van der Waals surface area contributed by atoms with E-state index in [1.807, 2.05) is 6.07 Å². The predicted octanol–water partition coefficient (Wildman–Crippen LogP) is 7.64. The number of aromatic amines is 1. The van der Waals surface area contributed by atoms with E-state index in [-0.39, 0.29) is 23.6 Å². The number of rotatable bonds is 10. The molecular weight excluding hydrogens is 625 g/mol. The van der Waals surface area contributed by atoms with Gasteiger partial charge in [-0.1, -0.05) is 6.07 Å². The molecular formula is C29H22F9N3O4. The second-order valence-corrected chi connectivity index (χ2v) is 9.65. The number of halogens is 9. The topological polar surface area (TPSA) is 93.3 Å². The lowest BCUT2D eigenvalue weighted by Gasteiger charge is -2.20. The van der Waals surface area contributed by atoms with Crippen molar-refractivity contribution >= 4 is 28.7 Å². The molecule has 2 heterocycles. The molecule has 4 aromatic rings. The number of carbonyl (C=O) groups is 2. The third kappa shape index (κ3) is 8.67. The Morgan fingerprint density at radius 2 is 1.58 bits per heavy atom. The number of pyridine rings is 1. The Bertz CT molecular complexity index is 1620. The molecule has 45 heavy (non-hydrogen) atoms. The maximum atomic E-state index is 13.6. The number of alkyl halides is 9. The van der Waals surface area contributed by atoms with Crippen LogP contribution in [0.15, 0.2) is 67.0 Å². The first-order valence-corrected chi connectivity index (χ1v) is 13.0. The number of aromatic nitrogens is 2. The second-order valence-electron chi connectivity index (χ2n) is 9.65. The van der Waals surface area contributed by atoms with Gasteiger partial charge < -0.3 is 19.8 Å². The predicted molar refractivity (Wildman–Crippen MR) is 141 cm³/mol. The van der Waals surface area contributed by atoms with Gasteiger partial charge in [-0.15, -0.1) is 0 Å². The molecule has 2 aromatic carbocycles. The van der Waals surface area contributed by atoms with Crippen molar-refractivity contribution < 1.29 is 58.6 Å². The van der Waals surface area contributed by atoms with Gasteiger partial charge in [0.15, 0.2) is 0 Å². The second kappa shape index (κ2) is 13.1. The lowest BCUT2D eigenvalue weighted by atomic mass is 9.86. The summed E-state index contributed by atoms with van der Waals surface area (Å²) in [6.45, 7) is 0.780. The lowest BCUT2D eigenvalue weighted by Crippen LogP contribution is -2.28. The van der Waals surface area contributed by atoms with Gasteiger partial charge in [-0.05, 0) is 60.0 Å². The first-order chi connectivity index (χ1) is 21.0. The molecule has 16 heteroatoms. The molecule has 0 saturated heterocycles. The van der Waals surface area contributed by atoms with E-state index in [1.54, 1.807) is 18.3 Å². The van der Waals surface area contributed by atoms with Crippen LogP contribution in [0.25, 0.3) is 10.9 Å². The maximum absolute atomic E-state index is 13.6.